The Balaban J connectivity index is 6.56. The fourth-order valence-electron chi connectivity index (χ4n) is 2.25. The van der Waals surface area contributed by atoms with Crippen LogP contribution < -0.4 is 0 Å². The number of carbonyl (C=O) groups is 1. The van der Waals surface area contributed by atoms with Gasteiger partial charge in [0.1, 0.15) is 0 Å². The van der Waals surface area contributed by atoms with Gasteiger partial charge in [0.25, 0.3) is 0 Å². The van der Waals surface area contributed by atoms with Crippen molar-refractivity contribution in [3.8, 4) is 0 Å². The number of ether oxygens (including phenoxy) is 1. The van der Waals surface area contributed by atoms with Gasteiger partial charge in [-0.3, -0.25) is 0 Å². The highest BCUT2D eigenvalue weighted by Gasteiger charge is 2.98. The Morgan fingerprint density at radius 1 is 0.595 bits per heavy atom. The van der Waals surface area contributed by atoms with Gasteiger partial charge < -0.3 is 9.84 Å². The van der Waals surface area contributed by atoms with Crippen LogP contribution in [0.15, 0.2) is 12.3 Å². The Morgan fingerprint density at radius 3 is 1.24 bits per heavy atom. The zero-order valence-corrected chi connectivity index (χ0v) is 16.8. The van der Waals surface area contributed by atoms with E-state index in [2.05, 4.69) is 11.3 Å². The van der Waals surface area contributed by atoms with Crippen molar-refractivity contribution in [2.75, 3.05) is 6.61 Å². The van der Waals surface area contributed by atoms with Crippen molar-refractivity contribution in [1.82, 2.24) is 0 Å². The van der Waals surface area contributed by atoms with Crippen molar-refractivity contribution in [2.24, 2.45) is 0 Å². The minimum absolute atomic E-state index is 1.44. The average Bonchev–Trinajstić information content (AvgIpc) is 2.67. The molecule has 37 heavy (non-hydrogen) atoms. The molecule has 0 unspecified atom stereocenters. The topological polar surface area (TPSA) is 46.5 Å². The molecule has 0 rings (SSSR count). The molecule has 0 aliphatic rings. The van der Waals surface area contributed by atoms with E-state index in [1.807, 2.05) is 0 Å². The molecule has 0 aliphatic heterocycles. The molecule has 1 N–H and O–H groups in total. The number of rotatable bonds is 11. The van der Waals surface area contributed by atoms with Crippen LogP contribution in [0.3, 0.4) is 0 Å². The van der Waals surface area contributed by atoms with Gasteiger partial charge in [0.05, 0.1) is 6.61 Å². The van der Waals surface area contributed by atoms with Gasteiger partial charge in [-0.1, -0.05) is 0 Å². The summed E-state index contributed by atoms with van der Waals surface area (Å²) in [5.41, 5.74) is -8.78. The normalized spacial score (nSPS) is 15.5. The van der Waals surface area contributed by atoms with Crippen molar-refractivity contribution >= 4 is 5.97 Å². The molecule has 0 aromatic heterocycles. The van der Waals surface area contributed by atoms with E-state index in [1.54, 1.807) is 0 Å². The Morgan fingerprint density at radius 2 is 0.919 bits per heavy atom. The van der Waals surface area contributed by atoms with Gasteiger partial charge in [0.15, 0.2) is 5.76 Å². The number of halogens is 19. The molecule has 0 fully saturated rings. The highest BCUT2D eigenvalue weighted by atomic mass is 19.4. The zero-order chi connectivity index (χ0) is 30.5. The van der Waals surface area contributed by atoms with E-state index in [4.69, 9.17) is 5.11 Å². The summed E-state index contributed by atoms with van der Waals surface area (Å²) in [5.74, 6) is -53.6. The first-order chi connectivity index (χ1) is 15.8. The average molecular weight is 598 g/mol. The molecule has 3 nitrogen and oxygen atoms in total. The van der Waals surface area contributed by atoms with E-state index in [0.717, 1.165) is 0 Å². The first-order valence-electron chi connectivity index (χ1n) is 8.47. The number of esters is 1. The fourth-order valence-corrected chi connectivity index (χ4v) is 2.25. The summed E-state index contributed by atoms with van der Waals surface area (Å²) >= 11 is 0. The number of carbonyl (C=O) groups excluding carboxylic acids is 1. The summed E-state index contributed by atoms with van der Waals surface area (Å²) < 4.78 is 254. The first kappa shape index (κ1) is 34.7. The molecule has 0 aromatic rings. The van der Waals surface area contributed by atoms with E-state index in [9.17, 15) is 88.2 Å². The molecule has 0 radical (unpaired) electrons. The minimum atomic E-state index is -9.07. The lowest BCUT2D eigenvalue weighted by Crippen LogP contribution is -2.77. The van der Waals surface area contributed by atoms with Crippen LogP contribution in [0.1, 0.15) is 12.8 Å². The van der Waals surface area contributed by atoms with Gasteiger partial charge in [0.2, 0.25) is 0 Å². The minimum Gasteiger partial charge on any atom is -0.502 e. The smallest absolute Gasteiger partial charge is 0.438 e. The van der Waals surface area contributed by atoms with Crippen molar-refractivity contribution in [2.45, 2.75) is 66.4 Å². The quantitative estimate of drug-likeness (QED) is 0.0915. The van der Waals surface area contributed by atoms with Gasteiger partial charge in [-0.25, -0.2) is 9.18 Å². The number of hydrogen-bond acceptors (Lipinski definition) is 3. The molecular formula is C15H9F19O3. The number of hydrogen-bond donors (Lipinski definition) is 1. The van der Waals surface area contributed by atoms with Crippen LogP contribution in [-0.2, 0) is 9.53 Å². The highest BCUT2D eigenvalue weighted by molar-refractivity contribution is 5.84. The van der Waals surface area contributed by atoms with Crippen LogP contribution in [-0.4, -0.2) is 71.2 Å². The number of aliphatic hydroxyl groups excluding tert-OH is 1. The molecule has 0 bridgehead atoms. The molecule has 22 heteroatoms. The largest absolute Gasteiger partial charge is 0.502 e. The SMILES string of the molecule is C=C(O)C(=O)OCCCC(F)(F)C(F)(F)C(F)(F)C(F)(F)C(F)(F)C(F)(F)C(F)(C(F)(F)F)C(F)(F)F. The first-order valence-corrected chi connectivity index (χ1v) is 8.47. The van der Waals surface area contributed by atoms with Crippen LogP contribution in [0.4, 0.5) is 83.4 Å². The third-order valence-corrected chi connectivity index (χ3v) is 4.35. The molecule has 0 aliphatic carbocycles. The van der Waals surface area contributed by atoms with Gasteiger partial charge in [-0.2, -0.15) is 79.0 Å². The molecular weight excluding hydrogens is 589 g/mol. The summed E-state index contributed by atoms with van der Waals surface area (Å²) in [4.78, 5) is 10.7. The molecule has 0 amide bonds. The fraction of sp³-hybridized carbons (Fsp3) is 0.800. The lowest BCUT2D eigenvalue weighted by molar-refractivity contribution is -0.472. The van der Waals surface area contributed by atoms with E-state index in [0.29, 0.717) is 0 Å². The van der Waals surface area contributed by atoms with Crippen LogP contribution in [0.25, 0.3) is 0 Å². The second-order valence-electron chi connectivity index (χ2n) is 6.92. The Bertz CT molecular complexity index is 840. The van der Waals surface area contributed by atoms with Crippen LogP contribution >= 0.6 is 0 Å². The van der Waals surface area contributed by atoms with Gasteiger partial charge in [-0.05, 0) is 13.0 Å². The number of alkyl halides is 19. The molecule has 0 aromatic carbocycles. The van der Waals surface area contributed by atoms with Crippen molar-refractivity contribution in [1.29, 1.82) is 0 Å². The number of aliphatic hydroxyl groups is 1. The van der Waals surface area contributed by atoms with E-state index in [1.165, 1.54) is 0 Å². The standard InChI is InChI=1S/C15H9F19O3/c1-5(35)6(36)37-4-2-3-7(16,17)9(19,20)11(23,24)13(27,28)12(25,26)10(21,22)8(18,14(29,30)31)15(32,33)34/h35H,1-4H2. The van der Waals surface area contributed by atoms with Crippen LogP contribution in [0.2, 0.25) is 0 Å². The van der Waals surface area contributed by atoms with Crippen LogP contribution in [0.5, 0.6) is 0 Å². The predicted molar refractivity (Wildman–Crippen MR) is 77.6 cm³/mol. The molecule has 0 saturated heterocycles. The van der Waals surface area contributed by atoms with Crippen molar-refractivity contribution in [3.05, 3.63) is 12.3 Å². The van der Waals surface area contributed by atoms with Gasteiger partial charge >= 0.3 is 59.5 Å². The van der Waals surface area contributed by atoms with E-state index >= 15 is 0 Å². The molecule has 0 spiro atoms. The predicted octanol–water partition coefficient (Wildman–Crippen LogP) is 7.03. The maximum atomic E-state index is 13.6. The monoisotopic (exact) mass is 598 g/mol. The Kier molecular flexibility index (Phi) is 8.86. The summed E-state index contributed by atoms with van der Waals surface area (Å²) in [6.45, 7) is 0.976. The Labute approximate surface area is 190 Å². The lowest BCUT2D eigenvalue weighted by atomic mass is 9.83. The summed E-state index contributed by atoms with van der Waals surface area (Å²) in [5, 5.41) is 8.49. The summed E-state index contributed by atoms with van der Waals surface area (Å²) in [6, 6.07) is 0. The lowest BCUT2D eigenvalue weighted by Gasteiger charge is -2.45. The van der Waals surface area contributed by atoms with Gasteiger partial charge in [0, 0.05) is 6.42 Å². The molecule has 220 valence electrons. The summed E-state index contributed by atoms with van der Waals surface area (Å²) in [6.07, 6.45) is -21.3. The molecule has 0 heterocycles. The Hall–Kier alpha value is -2.32. The highest BCUT2D eigenvalue weighted by Crippen LogP contribution is 2.66. The third kappa shape index (κ3) is 5.07. The third-order valence-electron chi connectivity index (χ3n) is 4.35. The second-order valence-corrected chi connectivity index (χ2v) is 6.92. The van der Waals surface area contributed by atoms with E-state index in [-0.39, 0.29) is 0 Å². The molecule has 0 atom stereocenters. The maximum Gasteiger partial charge on any atom is 0.438 e. The summed E-state index contributed by atoms with van der Waals surface area (Å²) in [7, 11) is 0. The van der Waals surface area contributed by atoms with Crippen LogP contribution in [0, 0.1) is 0 Å². The van der Waals surface area contributed by atoms with Gasteiger partial charge in [-0.15, -0.1) is 0 Å². The zero-order valence-electron chi connectivity index (χ0n) is 16.8. The van der Waals surface area contributed by atoms with Crippen molar-refractivity contribution in [3.63, 3.8) is 0 Å². The van der Waals surface area contributed by atoms with Crippen molar-refractivity contribution < 1.29 is 98.1 Å². The second kappa shape index (κ2) is 9.45. The maximum absolute atomic E-state index is 13.6. The molecule has 0 saturated carbocycles. The van der Waals surface area contributed by atoms with E-state index < -0.39 is 84.7 Å².